The number of carbonyl (C=O) groups is 2. The van der Waals surface area contributed by atoms with Crippen LogP contribution in [-0.2, 0) is 4.79 Å². The van der Waals surface area contributed by atoms with Crippen LogP contribution in [0.15, 0.2) is 0 Å². The van der Waals surface area contributed by atoms with Crippen LogP contribution in [0.2, 0.25) is 0 Å². The molecule has 6 heteroatoms. The highest BCUT2D eigenvalue weighted by Gasteiger charge is 2.42. The number of rotatable bonds is 4. The lowest BCUT2D eigenvalue weighted by Gasteiger charge is -2.36. The van der Waals surface area contributed by atoms with E-state index in [2.05, 4.69) is 17.6 Å². The number of carboxylic acid groups (broad SMARTS) is 1. The van der Waals surface area contributed by atoms with Crippen LogP contribution in [0.4, 0.5) is 4.79 Å². The van der Waals surface area contributed by atoms with E-state index in [1.807, 2.05) is 11.8 Å². The van der Waals surface area contributed by atoms with Gasteiger partial charge in [0.2, 0.25) is 0 Å². The molecule has 0 bridgehead atoms. The Bertz CT molecular complexity index is 375. The third-order valence-electron chi connectivity index (χ3n) is 4.65. The fourth-order valence-corrected chi connectivity index (χ4v) is 4.32. The third-order valence-corrected chi connectivity index (χ3v) is 6.05. The monoisotopic (exact) mass is 314 g/mol. The fourth-order valence-electron chi connectivity index (χ4n) is 3.08. The van der Waals surface area contributed by atoms with Gasteiger partial charge >= 0.3 is 12.0 Å². The van der Waals surface area contributed by atoms with Gasteiger partial charge in [-0.3, -0.25) is 0 Å². The minimum Gasteiger partial charge on any atom is -0.480 e. The minimum atomic E-state index is -1.07. The van der Waals surface area contributed by atoms with Gasteiger partial charge in [-0.05, 0) is 50.2 Å². The van der Waals surface area contributed by atoms with E-state index in [1.165, 1.54) is 12.8 Å². The summed E-state index contributed by atoms with van der Waals surface area (Å²) in [4.78, 5) is 23.6. The van der Waals surface area contributed by atoms with Crippen molar-refractivity contribution in [2.45, 2.75) is 62.7 Å². The number of carbonyl (C=O) groups excluding carboxylic acids is 1. The third kappa shape index (κ3) is 4.53. The number of amides is 2. The molecule has 2 aliphatic rings. The van der Waals surface area contributed by atoms with Gasteiger partial charge in [0.15, 0.2) is 0 Å². The summed E-state index contributed by atoms with van der Waals surface area (Å²) in [7, 11) is 0. The van der Waals surface area contributed by atoms with E-state index in [9.17, 15) is 14.7 Å². The highest BCUT2D eigenvalue weighted by atomic mass is 32.2. The molecular weight excluding hydrogens is 288 g/mol. The van der Waals surface area contributed by atoms with Crippen molar-refractivity contribution in [1.29, 1.82) is 0 Å². The lowest BCUT2D eigenvalue weighted by molar-refractivity contribution is -0.146. The SMILES string of the molecule is CC1CCC(NC(=O)NCC2CCCCS2)(C(=O)O)CC1. The second-order valence-electron chi connectivity index (χ2n) is 6.39. The van der Waals surface area contributed by atoms with Gasteiger partial charge in [0, 0.05) is 11.8 Å². The summed E-state index contributed by atoms with van der Waals surface area (Å²) in [5.41, 5.74) is -1.07. The molecule has 2 rings (SSSR count). The highest BCUT2D eigenvalue weighted by molar-refractivity contribution is 7.99. The van der Waals surface area contributed by atoms with Gasteiger partial charge in [0.05, 0.1) is 0 Å². The molecule has 1 aliphatic carbocycles. The summed E-state index contributed by atoms with van der Waals surface area (Å²) in [5.74, 6) is 0.794. The standard InChI is InChI=1S/C15H26N2O3S/c1-11-5-7-15(8-6-11,13(18)19)17-14(20)16-10-12-4-2-3-9-21-12/h11-12H,2-10H2,1H3,(H,18,19)(H2,16,17,20). The number of hydrogen-bond acceptors (Lipinski definition) is 3. The summed E-state index contributed by atoms with van der Waals surface area (Å²) in [6.45, 7) is 2.76. The Morgan fingerprint density at radius 3 is 2.52 bits per heavy atom. The van der Waals surface area contributed by atoms with Gasteiger partial charge in [0.1, 0.15) is 5.54 Å². The molecule has 0 spiro atoms. The molecule has 1 saturated heterocycles. The van der Waals surface area contributed by atoms with Gasteiger partial charge in [-0.2, -0.15) is 11.8 Å². The van der Waals surface area contributed by atoms with Crippen LogP contribution in [0, 0.1) is 5.92 Å². The average Bonchev–Trinajstić information content (AvgIpc) is 2.48. The van der Waals surface area contributed by atoms with Crippen LogP contribution < -0.4 is 10.6 Å². The normalized spacial score (nSPS) is 33.2. The summed E-state index contributed by atoms with van der Waals surface area (Å²) >= 11 is 1.90. The first-order valence-electron chi connectivity index (χ1n) is 7.93. The van der Waals surface area contributed by atoms with Gasteiger partial charge in [0.25, 0.3) is 0 Å². The summed E-state index contributed by atoms with van der Waals surface area (Å²) in [6.07, 6.45) is 6.36. The van der Waals surface area contributed by atoms with Crippen LogP contribution in [0.3, 0.4) is 0 Å². The minimum absolute atomic E-state index is 0.335. The van der Waals surface area contributed by atoms with Crippen molar-refractivity contribution < 1.29 is 14.7 Å². The zero-order chi connectivity index (χ0) is 15.3. The maximum Gasteiger partial charge on any atom is 0.329 e. The lowest BCUT2D eigenvalue weighted by Crippen LogP contribution is -2.59. The van der Waals surface area contributed by atoms with E-state index in [0.29, 0.717) is 30.6 Å². The number of aliphatic carboxylic acids is 1. The predicted molar refractivity (Wildman–Crippen MR) is 84.6 cm³/mol. The summed E-state index contributed by atoms with van der Waals surface area (Å²) in [5, 5.41) is 15.6. The van der Waals surface area contributed by atoms with Crippen molar-refractivity contribution >= 4 is 23.8 Å². The Labute approximate surface area is 130 Å². The maximum atomic E-state index is 12.1. The molecule has 0 aromatic heterocycles. The molecule has 21 heavy (non-hydrogen) atoms. The molecule has 0 aromatic carbocycles. The van der Waals surface area contributed by atoms with E-state index in [0.717, 1.165) is 25.0 Å². The first-order chi connectivity index (χ1) is 10.0. The number of urea groups is 1. The molecule has 1 heterocycles. The average molecular weight is 314 g/mol. The van der Waals surface area contributed by atoms with E-state index >= 15 is 0 Å². The van der Waals surface area contributed by atoms with Crippen molar-refractivity contribution in [2.24, 2.45) is 5.92 Å². The fraction of sp³-hybridized carbons (Fsp3) is 0.867. The van der Waals surface area contributed by atoms with Gasteiger partial charge in [-0.1, -0.05) is 13.3 Å². The molecule has 1 saturated carbocycles. The van der Waals surface area contributed by atoms with Crippen molar-refractivity contribution in [2.75, 3.05) is 12.3 Å². The summed E-state index contributed by atoms with van der Waals surface area (Å²) < 4.78 is 0. The van der Waals surface area contributed by atoms with Crippen molar-refractivity contribution in [3.05, 3.63) is 0 Å². The second-order valence-corrected chi connectivity index (χ2v) is 7.80. The van der Waals surface area contributed by atoms with E-state index in [1.54, 1.807) is 0 Å². The maximum absolute atomic E-state index is 12.1. The molecule has 0 radical (unpaired) electrons. The van der Waals surface area contributed by atoms with Crippen LogP contribution in [-0.4, -0.2) is 40.2 Å². The van der Waals surface area contributed by atoms with Crippen LogP contribution in [0.25, 0.3) is 0 Å². The Hall–Kier alpha value is -0.910. The van der Waals surface area contributed by atoms with Gasteiger partial charge in [-0.15, -0.1) is 0 Å². The van der Waals surface area contributed by atoms with Crippen LogP contribution in [0.1, 0.15) is 51.9 Å². The quantitative estimate of drug-likeness (QED) is 0.745. The number of carboxylic acids is 1. The highest BCUT2D eigenvalue weighted by Crippen LogP contribution is 2.32. The van der Waals surface area contributed by atoms with Gasteiger partial charge < -0.3 is 15.7 Å². The smallest absolute Gasteiger partial charge is 0.329 e. The topological polar surface area (TPSA) is 78.4 Å². The molecular formula is C15H26N2O3S. The summed E-state index contributed by atoms with van der Waals surface area (Å²) in [6, 6.07) is -0.335. The lowest BCUT2D eigenvalue weighted by atomic mass is 9.77. The van der Waals surface area contributed by atoms with Crippen LogP contribution in [0.5, 0.6) is 0 Å². The second kappa shape index (κ2) is 7.38. The van der Waals surface area contributed by atoms with Crippen molar-refractivity contribution in [1.82, 2.24) is 10.6 Å². The molecule has 1 atom stereocenters. The molecule has 1 unspecified atom stereocenters. The van der Waals surface area contributed by atoms with E-state index < -0.39 is 11.5 Å². The molecule has 3 N–H and O–H groups in total. The first kappa shape index (κ1) is 16.5. The molecule has 120 valence electrons. The van der Waals surface area contributed by atoms with E-state index in [4.69, 9.17) is 0 Å². The Morgan fingerprint density at radius 1 is 1.24 bits per heavy atom. The molecule has 0 aromatic rings. The van der Waals surface area contributed by atoms with E-state index in [-0.39, 0.29) is 6.03 Å². The zero-order valence-electron chi connectivity index (χ0n) is 12.7. The van der Waals surface area contributed by atoms with Gasteiger partial charge in [-0.25, -0.2) is 9.59 Å². The molecule has 1 aliphatic heterocycles. The van der Waals surface area contributed by atoms with Crippen LogP contribution >= 0.6 is 11.8 Å². The molecule has 2 fully saturated rings. The Kier molecular flexibility index (Phi) is 5.79. The number of thioether (sulfide) groups is 1. The largest absolute Gasteiger partial charge is 0.480 e. The van der Waals surface area contributed by atoms with Crippen molar-refractivity contribution in [3.63, 3.8) is 0 Å². The zero-order valence-corrected chi connectivity index (χ0v) is 13.5. The molecule has 5 nitrogen and oxygen atoms in total. The Balaban J connectivity index is 1.82. The first-order valence-corrected chi connectivity index (χ1v) is 8.98. The number of nitrogens with one attached hydrogen (secondary N) is 2. The Morgan fingerprint density at radius 2 is 1.95 bits per heavy atom. The number of hydrogen-bond donors (Lipinski definition) is 3. The van der Waals surface area contributed by atoms with Crippen molar-refractivity contribution in [3.8, 4) is 0 Å². The predicted octanol–water partition coefficient (Wildman–Crippen LogP) is 2.60. The molecule has 2 amide bonds.